The van der Waals surface area contributed by atoms with Crippen LogP contribution in [0.5, 0.6) is 0 Å². The average molecular weight is 342 g/mol. The summed E-state index contributed by atoms with van der Waals surface area (Å²) in [6, 6.07) is -0.850. The molecule has 0 aliphatic carbocycles. The van der Waals surface area contributed by atoms with E-state index in [4.69, 9.17) is 5.21 Å². The Morgan fingerprint density at radius 1 is 1.29 bits per heavy atom. The third kappa shape index (κ3) is 5.99. The zero-order valence-electron chi connectivity index (χ0n) is 15.1. The van der Waals surface area contributed by atoms with E-state index in [0.717, 1.165) is 19.3 Å². The van der Waals surface area contributed by atoms with Gasteiger partial charge >= 0.3 is 6.03 Å². The maximum Gasteiger partial charge on any atom is 0.321 e. The minimum absolute atomic E-state index is 0.171. The van der Waals surface area contributed by atoms with E-state index in [1.54, 1.807) is 5.48 Å². The van der Waals surface area contributed by atoms with Crippen molar-refractivity contribution in [2.24, 2.45) is 0 Å². The molecule has 8 heteroatoms. The monoisotopic (exact) mass is 342 g/mol. The lowest BCUT2D eigenvalue weighted by Crippen LogP contribution is -2.55. The molecule has 0 saturated carbocycles. The molecule has 138 valence electrons. The van der Waals surface area contributed by atoms with Gasteiger partial charge < -0.3 is 15.1 Å². The van der Waals surface area contributed by atoms with Crippen molar-refractivity contribution in [1.82, 2.24) is 20.6 Å². The van der Waals surface area contributed by atoms with Crippen LogP contribution in [0.3, 0.4) is 0 Å². The summed E-state index contributed by atoms with van der Waals surface area (Å²) in [5, 5.41) is 11.6. The Labute approximate surface area is 143 Å². The van der Waals surface area contributed by atoms with Crippen molar-refractivity contribution in [1.29, 1.82) is 0 Å². The van der Waals surface area contributed by atoms with Crippen molar-refractivity contribution < 1.29 is 19.6 Å². The van der Waals surface area contributed by atoms with Crippen molar-refractivity contribution in [3.8, 4) is 0 Å². The van der Waals surface area contributed by atoms with E-state index in [9.17, 15) is 14.4 Å². The number of carbonyl (C=O) groups excluding carboxylic acids is 3. The highest BCUT2D eigenvalue weighted by Crippen LogP contribution is 2.20. The van der Waals surface area contributed by atoms with Gasteiger partial charge in [-0.2, -0.15) is 0 Å². The minimum Gasteiger partial charge on any atom is -0.350 e. The first-order valence-corrected chi connectivity index (χ1v) is 8.50. The van der Waals surface area contributed by atoms with Crippen LogP contribution in [0.25, 0.3) is 0 Å². The minimum atomic E-state index is -0.644. The van der Waals surface area contributed by atoms with Crippen LogP contribution >= 0.6 is 0 Å². The lowest BCUT2D eigenvalue weighted by molar-refractivity contribution is -0.129. The SMILES string of the molecule is CCCCN(CC(=O)NO)C(=O)N1CCC[C@H]1C(=O)NC(C)(C)C. The number of hydroxylamine groups is 1. The molecule has 1 fully saturated rings. The van der Waals surface area contributed by atoms with Gasteiger partial charge in [-0.3, -0.25) is 14.8 Å². The van der Waals surface area contributed by atoms with Crippen molar-refractivity contribution in [2.75, 3.05) is 19.6 Å². The number of likely N-dealkylation sites (tertiary alicyclic amines) is 1. The van der Waals surface area contributed by atoms with Crippen LogP contribution < -0.4 is 10.8 Å². The zero-order valence-corrected chi connectivity index (χ0v) is 15.1. The molecule has 1 aliphatic heterocycles. The standard InChI is InChI=1S/C16H30N4O4/c1-5-6-9-19(11-13(21)18-24)15(23)20-10-7-8-12(20)14(22)17-16(2,3)4/h12,24H,5-11H2,1-4H3,(H,17,22)(H,18,21)/t12-/m0/s1. The number of amides is 4. The molecule has 1 rings (SSSR count). The molecular weight excluding hydrogens is 312 g/mol. The van der Waals surface area contributed by atoms with E-state index in [1.165, 1.54) is 9.80 Å². The third-order valence-electron chi connectivity index (χ3n) is 3.81. The highest BCUT2D eigenvalue weighted by molar-refractivity contribution is 5.89. The Hall–Kier alpha value is -1.83. The average Bonchev–Trinajstić information content (AvgIpc) is 2.98. The molecule has 24 heavy (non-hydrogen) atoms. The Bertz CT molecular complexity index is 461. The van der Waals surface area contributed by atoms with E-state index in [0.29, 0.717) is 19.5 Å². The fourth-order valence-electron chi connectivity index (χ4n) is 2.70. The fourth-order valence-corrected chi connectivity index (χ4v) is 2.70. The van der Waals surface area contributed by atoms with Crippen LogP contribution in [0.15, 0.2) is 0 Å². The van der Waals surface area contributed by atoms with Crippen molar-refractivity contribution in [3.05, 3.63) is 0 Å². The van der Waals surface area contributed by atoms with Crippen molar-refractivity contribution in [3.63, 3.8) is 0 Å². The van der Waals surface area contributed by atoms with Gasteiger partial charge in [0.25, 0.3) is 5.91 Å². The molecule has 0 aromatic carbocycles. The maximum atomic E-state index is 12.8. The lowest BCUT2D eigenvalue weighted by Gasteiger charge is -2.32. The Kier molecular flexibility index (Phi) is 7.47. The molecule has 8 nitrogen and oxygen atoms in total. The number of nitrogens with zero attached hydrogens (tertiary/aromatic N) is 2. The Morgan fingerprint density at radius 3 is 2.50 bits per heavy atom. The molecule has 1 saturated heterocycles. The number of rotatable bonds is 6. The van der Waals surface area contributed by atoms with Crippen LogP contribution in [0.4, 0.5) is 4.79 Å². The number of nitrogens with one attached hydrogen (secondary N) is 2. The van der Waals surface area contributed by atoms with Gasteiger partial charge in [-0.05, 0) is 40.0 Å². The van der Waals surface area contributed by atoms with Gasteiger partial charge in [0.2, 0.25) is 5.91 Å². The van der Waals surface area contributed by atoms with Crippen molar-refractivity contribution in [2.45, 2.75) is 65.0 Å². The zero-order chi connectivity index (χ0) is 18.3. The summed E-state index contributed by atoms with van der Waals surface area (Å²) >= 11 is 0. The van der Waals surface area contributed by atoms with Gasteiger partial charge in [0, 0.05) is 18.6 Å². The van der Waals surface area contributed by atoms with Crippen LogP contribution in [0.2, 0.25) is 0 Å². The summed E-state index contributed by atoms with van der Waals surface area (Å²) < 4.78 is 0. The number of urea groups is 1. The fraction of sp³-hybridized carbons (Fsp3) is 0.812. The van der Waals surface area contributed by atoms with Gasteiger partial charge in [-0.25, -0.2) is 10.3 Å². The quantitative estimate of drug-likeness (QED) is 0.497. The normalized spacial score (nSPS) is 17.5. The summed E-state index contributed by atoms with van der Waals surface area (Å²) in [5.74, 6) is -0.815. The van der Waals surface area contributed by atoms with Gasteiger partial charge in [-0.1, -0.05) is 13.3 Å². The van der Waals surface area contributed by atoms with Crippen LogP contribution in [0, 0.1) is 0 Å². The van der Waals surface area contributed by atoms with E-state index >= 15 is 0 Å². The third-order valence-corrected chi connectivity index (χ3v) is 3.81. The molecule has 1 heterocycles. The smallest absolute Gasteiger partial charge is 0.321 e. The highest BCUT2D eigenvalue weighted by atomic mass is 16.5. The summed E-state index contributed by atoms with van der Waals surface area (Å²) in [5.41, 5.74) is 1.18. The molecule has 0 spiro atoms. The second kappa shape index (κ2) is 8.86. The van der Waals surface area contributed by atoms with E-state index in [1.807, 2.05) is 27.7 Å². The van der Waals surface area contributed by atoms with E-state index in [2.05, 4.69) is 5.32 Å². The molecule has 1 atom stereocenters. The lowest BCUT2D eigenvalue weighted by atomic mass is 10.1. The first kappa shape index (κ1) is 20.2. The predicted octanol–water partition coefficient (Wildman–Crippen LogP) is 1.09. The van der Waals surface area contributed by atoms with Gasteiger partial charge in [0.1, 0.15) is 12.6 Å². The topological polar surface area (TPSA) is 102 Å². The van der Waals surface area contributed by atoms with Gasteiger partial charge in [-0.15, -0.1) is 0 Å². The molecule has 0 unspecified atom stereocenters. The molecule has 0 bridgehead atoms. The van der Waals surface area contributed by atoms with Crippen molar-refractivity contribution >= 4 is 17.8 Å². The summed E-state index contributed by atoms with van der Waals surface area (Å²) in [6.07, 6.45) is 2.98. The first-order chi connectivity index (χ1) is 11.2. The summed E-state index contributed by atoms with van der Waals surface area (Å²) in [6.45, 7) is 8.35. The molecule has 4 amide bonds. The molecular formula is C16H30N4O4. The van der Waals surface area contributed by atoms with E-state index < -0.39 is 11.9 Å². The van der Waals surface area contributed by atoms with Crippen LogP contribution in [-0.2, 0) is 9.59 Å². The molecule has 1 aliphatic rings. The Morgan fingerprint density at radius 2 is 1.96 bits per heavy atom. The Balaban J connectivity index is 2.82. The first-order valence-electron chi connectivity index (χ1n) is 8.50. The molecule has 3 N–H and O–H groups in total. The maximum absolute atomic E-state index is 12.8. The number of unbranched alkanes of at least 4 members (excludes halogenated alkanes) is 1. The predicted molar refractivity (Wildman–Crippen MR) is 89.4 cm³/mol. The highest BCUT2D eigenvalue weighted by Gasteiger charge is 2.37. The van der Waals surface area contributed by atoms with Gasteiger partial charge in [0.05, 0.1) is 0 Å². The van der Waals surface area contributed by atoms with Gasteiger partial charge in [0.15, 0.2) is 0 Å². The summed E-state index contributed by atoms with van der Waals surface area (Å²) in [4.78, 5) is 39.6. The summed E-state index contributed by atoms with van der Waals surface area (Å²) in [7, 11) is 0. The molecule has 0 aromatic heterocycles. The van der Waals surface area contributed by atoms with Crippen LogP contribution in [-0.4, -0.2) is 64.1 Å². The second-order valence-electron chi connectivity index (χ2n) is 7.18. The number of carbonyl (C=O) groups is 3. The second-order valence-corrected chi connectivity index (χ2v) is 7.18. The number of hydrogen-bond donors (Lipinski definition) is 3. The largest absolute Gasteiger partial charge is 0.350 e. The van der Waals surface area contributed by atoms with Crippen LogP contribution in [0.1, 0.15) is 53.4 Å². The molecule has 0 radical (unpaired) electrons. The van der Waals surface area contributed by atoms with E-state index in [-0.39, 0.29) is 24.0 Å². The molecule has 0 aromatic rings. The number of hydrogen-bond acceptors (Lipinski definition) is 4.